The Hall–Kier alpha value is -2.21. The second-order valence-electron chi connectivity index (χ2n) is 6.46. The molecular formula is C17H21N5O. The number of piperidine rings is 1. The fourth-order valence-electron chi connectivity index (χ4n) is 3.17. The van der Waals surface area contributed by atoms with E-state index < -0.39 is 0 Å². The molecule has 1 aliphatic rings. The van der Waals surface area contributed by atoms with Crippen LogP contribution in [0.1, 0.15) is 44.5 Å². The van der Waals surface area contributed by atoms with Gasteiger partial charge in [-0.15, -0.1) is 0 Å². The molecule has 0 saturated carbocycles. The highest BCUT2D eigenvalue weighted by Crippen LogP contribution is 2.27. The molecule has 0 amide bonds. The minimum Gasteiger partial charge on any atom is -0.339 e. The average Bonchev–Trinajstić information content (AvgIpc) is 3.22. The molecule has 1 aromatic carbocycles. The third-order valence-electron chi connectivity index (χ3n) is 4.43. The molecule has 1 atom stereocenters. The summed E-state index contributed by atoms with van der Waals surface area (Å²) in [7, 11) is 0. The fourth-order valence-corrected chi connectivity index (χ4v) is 3.17. The van der Waals surface area contributed by atoms with Gasteiger partial charge in [0.15, 0.2) is 0 Å². The molecule has 1 aliphatic heterocycles. The van der Waals surface area contributed by atoms with E-state index in [1.807, 2.05) is 16.9 Å². The first-order valence-corrected chi connectivity index (χ1v) is 8.24. The third-order valence-corrected chi connectivity index (χ3v) is 4.43. The Kier molecular flexibility index (Phi) is 3.61. The molecule has 3 aromatic rings. The van der Waals surface area contributed by atoms with E-state index in [0.717, 1.165) is 48.3 Å². The second-order valence-corrected chi connectivity index (χ2v) is 6.46. The van der Waals surface area contributed by atoms with Gasteiger partial charge in [0.1, 0.15) is 0 Å². The maximum Gasteiger partial charge on any atom is 0.231 e. The van der Waals surface area contributed by atoms with Crippen molar-refractivity contribution in [2.75, 3.05) is 13.1 Å². The van der Waals surface area contributed by atoms with Gasteiger partial charge in [0.25, 0.3) is 0 Å². The number of nitrogens with one attached hydrogen (secondary N) is 1. The molecule has 120 valence electrons. The summed E-state index contributed by atoms with van der Waals surface area (Å²) in [5.74, 6) is 1.73. The smallest absolute Gasteiger partial charge is 0.231 e. The van der Waals surface area contributed by atoms with Crippen LogP contribution in [0.2, 0.25) is 0 Å². The van der Waals surface area contributed by atoms with E-state index in [-0.39, 0.29) is 0 Å². The van der Waals surface area contributed by atoms with Gasteiger partial charge in [-0.25, -0.2) is 0 Å². The first-order valence-electron chi connectivity index (χ1n) is 8.24. The molecule has 3 heterocycles. The van der Waals surface area contributed by atoms with E-state index in [1.165, 1.54) is 0 Å². The van der Waals surface area contributed by atoms with Gasteiger partial charge in [0.2, 0.25) is 11.7 Å². The summed E-state index contributed by atoms with van der Waals surface area (Å²) in [6.45, 7) is 6.25. The Morgan fingerprint density at radius 2 is 2.26 bits per heavy atom. The molecule has 23 heavy (non-hydrogen) atoms. The van der Waals surface area contributed by atoms with Gasteiger partial charge in [-0.2, -0.15) is 10.1 Å². The van der Waals surface area contributed by atoms with Gasteiger partial charge in [0.05, 0.1) is 17.6 Å². The van der Waals surface area contributed by atoms with Crippen LogP contribution in [0.15, 0.2) is 28.9 Å². The van der Waals surface area contributed by atoms with Crippen LogP contribution in [-0.2, 0) is 0 Å². The molecule has 4 rings (SSSR count). The van der Waals surface area contributed by atoms with E-state index in [4.69, 9.17) is 4.52 Å². The van der Waals surface area contributed by atoms with Crippen LogP contribution in [0, 0.1) is 0 Å². The molecule has 1 N–H and O–H groups in total. The van der Waals surface area contributed by atoms with Crippen LogP contribution >= 0.6 is 0 Å². The fraction of sp³-hybridized carbons (Fsp3) is 0.471. The molecule has 0 aliphatic carbocycles. The molecule has 0 bridgehead atoms. The van der Waals surface area contributed by atoms with Crippen LogP contribution in [0.4, 0.5) is 0 Å². The Morgan fingerprint density at radius 1 is 1.35 bits per heavy atom. The second kappa shape index (κ2) is 5.77. The van der Waals surface area contributed by atoms with E-state index in [0.29, 0.717) is 17.8 Å². The van der Waals surface area contributed by atoms with Crippen LogP contribution < -0.4 is 5.32 Å². The lowest BCUT2D eigenvalue weighted by molar-refractivity contribution is 0.322. The van der Waals surface area contributed by atoms with Crippen LogP contribution in [0.3, 0.4) is 0 Å². The SMILES string of the molecule is CC(C)n1ncc2ccc(-c3noc(C4CCCNC4)n3)cc21. The largest absolute Gasteiger partial charge is 0.339 e. The first-order chi connectivity index (χ1) is 11.2. The quantitative estimate of drug-likeness (QED) is 0.805. The minimum atomic E-state index is 0.317. The molecule has 0 radical (unpaired) electrons. The lowest BCUT2D eigenvalue weighted by Gasteiger charge is -2.18. The van der Waals surface area contributed by atoms with E-state index >= 15 is 0 Å². The molecule has 1 saturated heterocycles. The highest BCUT2D eigenvalue weighted by molar-refractivity contribution is 5.83. The van der Waals surface area contributed by atoms with Crippen molar-refractivity contribution < 1.29 is 4.52 Å². The van der Waals surface area contributed by atoms with E-state index in [2.05, 4.69) is 46.5 Å². The monoisotopic (exact) mass is 311 g/mol. The van der Waals surface area contributed by atoms with Gasteiger partial charge in [-0.1, -0.05) is 17.3 Å². The summed E-state index contributed by atoms with van der Waals surface area (Å²) in [4.78, 5) is 4.62. The van der Waals surface area contributed by atoms with Crippen molar-refractivity contribution in [1.82, 2.24) is 25.2 Å². The number of benzene rings is 1. The van der Waals surface area contributed by atoms with Crippen molar-refractivity contribution >= 4 is 10.9 Å². The maximum atomic E-state index is 5.51. The number of hydrogen-bond donors (Lipinski definition) is 1. The summed E-state index contributed by atoms with van der Waals surface area (Å²) in [6.07, 6.45) is 4.16. The lowest BCUT2D eigenvalue weighted by atomic mass is 10.00. The summed E-state index contributed by atoms with van der Waals surface area (Å²) in [5, 5.41) is 13.1. The van der Waals surface area contributed by atoms with Crippen LogP contribution in [0.25, 0.3) is 22.3 Å². The Morgan fingerprint density at radius 3 is 3.04 bits per heavy atom. The molecular weight excluding hydrogens is 290 g/mol. The first kappa shape index (κ1) is 14.4. The van der Waals surface area contributed by atoms with Crippen molar-refractivity contribution in [1.29, 1.82) is 0 Å². The number of rotatable bonds is 3. The molecule has 0 spiro atoms. The zero-order valence-electron chi connectivity index (χ0n) is 13.5. The summed E-state index contributed by atoms with van der Waals surface area (Å²) >= 11 is 0. The Bertz CT molecular complexity index is 813. The van der Waals surface area contributed by atoms with E-state index in [9.17, 15) is 0 Å². The number of hydrogen-bond acceptors (Lipinski definition) is 5. The van der Waals surface area contributed by atoms with Crippen molar-refractivity contribution in [3.63, 3.8) is 0 Å². The summed E-state index contributed by atoms with van der Waals surface area (Å²) in [5.41, 5.74) is 2.07. The predicted octanol–water partition coefficient (Wildman–Crippen LogP) is 3.13. The van der Waals surface area contributed by atoms with Gasteiger partial charge in [-0.3, -0.25) is 4.68 Å². The highest BCUT2D eigenvalue weighted by atomic mass is 16.5. The van der Waals surface area contributed by atoms with Crippen molar-refractivity contribution in [3.05, 3.63) is 30.3 Å². The molecule has 6 heteroatoms. The number of nitrogens with zero attached hydrogens (tertiary/aromatic N) is 4. The molecule has 1 fully saturated rings. The predicted molar refractivity (Wildman–Crippen MR) is 88.3 cm³/mol. The van der Waals surface area contributed by atoms with Crippen molar-refractivity contribution in [2.24, 2.45) is 0 Å². The van der Waals surface area contributed by atoms with Gasteiger partial charge >= 0.3 is 0 Å². The van der Waals surface area contributed by atoms with Crippen molar-refractivity contribution in [2.45, 2.75) is 38.6 Å². The number of fused-ring (bicyclic) bond motifs is 1. The lowest BCUT2D eigenvalue weighted by Crippen LogP contribution is -2.28. The summed E-state index contributed by atoms with van der Waals surface area (Å²) in [6, 6.07) is 6.50. The summed E-state index contributed by atoms with van der Waals surface area (Å²) < 4.78 is 7.52. The highest BCUT2D eigenvalue weighted by Gasteiger charge is 2.22. The van der Waals surface area contributed by atoms with Gasteiger partial charge in [-0.05, 0) is 39.3 Å². The molecule has 1 unspecified atom stereocenters. The van der Waals surface area contributed by atoms with Gasteiger partial charge in [0, 0.05) is 23.5 Å². The maximum absolute atomic E-state index is 5.51. The Labute approximate surface area is 134 Å². The standard InChI is InChI=1S/C17H21N5O/c1-11(2)22-15-8-12(5-6-13(15)10-19-22)16-20-17(23-21-16)14-4-3-7-18-9-14/h5-6,8,10-11,14,18H,3-4,7,9H2,1-2H3. The Balaban J connectivity index is 1.68. The number of aromatic nitrogens is 4. The third kappa shape index (κ3) is 2.63. The van der Waals surface area contributed by atoms with Gasteiger partial charge < -0.3 is 9.84 Å². The van der Waals surface area contributed by atoms with Crippen LogP contribution in [0.5, 0.6) is 0 Å². The van der Waals surface area contributed by atoms with Crippen molar-refractivity contribution in [3.8, 4) is 11.4 Å². The molecule has 6 nitrogen and oxygen atoms in total. The normalized spacial score (nSPS) is 18.8. The topological polar surface area (TPSA) is 68.8 Å². The van der Waals surface area contributed by atoms with Crippen LogP contribution in [-0.4, -0.2) is 33.0 Å². The zero-order chi connectivity index (χ0) is 15.8. The minimum absolute atomic E-state index is 0.317. The average molecular weight is 311 g/mol. The van der Waals surface area contributed by atoms with E-state index in [1.54, 1.807) is 0 Å². The zero-order valence-corrected chi connectivity index (χ0v) is 13.5. The molecule has 2 aromatic heterocycles.